The summed E-state index contributed by atoms with van der Waals surface area (Å²) in [5.41, 5.74) is 0.281. The summed E-state index contributed by atoms with van der Waals surface area (Å²) in [5.74, 6) is 0.442. The molecule has 0 aliphatic carbocycles. The maximum absolute atomic E-state index is 11.8. The van der Waals surface area contributed by atoms with E-state index >= 15 is 0 Å². The first-order chi connectivity index (χ1) is 8.63. The molecule has 0 unspecified atom stereocenters. The molecule has 0 N–H and O–H groups in total. The van der Waals surface area contributed by atoms with Gasteiger partial charge < -0.3 is 4.74 Å². The van der Waals surface area contributed by atoms with Crippen LogP contribution in [0.5, 0.6) is 5.88 Å². The van der Waals surface area contributed by atoms with Crippen LogP contribution in [0.2, 0.25) is 10.0 Å². The van der Waals surface area contributed by atoms with E-state index in [0.717, 1.165) is 5.56 Å². The average Bonchev–Trinajstić information content (AvgIpc) is 2.40. The predicted molar refractivity (Wildman–Crippen MR) is 68.4 cm³/mol. The van der Waals surface area contributed by atoms with Gasteiger partial charge in [-0.1, -0.05) is 29.3 Å². The Morgan fingerprint density at radius 1 is 1.44 bits per heavy atom. The van der Waals surface area contributed by atoms with Crippen molar-refractivity contribution in [3.05, 3.63) is 50.5 Å². The minimum Gasteiger partial charge on any atom is -0.481 e. The number of nitrogens with zero attached hydrogens (tertiary/aromatic N) is 3. The molecule has 2 aromatic rings. The van der Waals surface area contributed by atoms with Crippen LogP contribution in [0.3, 0.4) is 0 Å². The summed E-state index contributed by atoms with van der Waals surface area (Å²) in [5, 5.41) is 4.00. The molecule has 7 heteroatoms. The van der Waals surface area contributed by atoms with Crippen LogP contribution >= 0.6 is 23.2 Å². The zero-order valence-corrected chi connectivity index (χ0v) is 10.9. The van der Waals surface area contributed by atoms with Crippen molar-refractivity contribution in [1.82, 2.24) is 14.8 Å². The highest BCUT2D eigenvalue weighted by Gasteiger charge is 2.10. The summed E-state index contributed by atoms with van der Waals surface area (Å²) >= 11 is 11.5. The number of hydrogen-bond acceptors (Lipinski definition) is 4. The fourth-order valence-corrected chi connectivity index (χ4v) is 1.72. The molecule has 2 heterocycles. The van der Waals surface area contributed by atoms with Crippen molar-refractivity contribution >= 4 is 23.2 Å². The summed E-state index contributed by atoms with van der Waals surface area (Å²) in [7, 11) is 1.51. The normalized spacial score (nSPS) is 10.4. The van der Waals surface area contributed by atoms with E-state index < -0.39 is 5.56 Å². The van der Waals surface area contributed by atoms with Crippen molar-refractivity contribution in [1.29, 1.82) is 0 Å². The van der Waals surface area contributed by atoms with Crippen molar-refractivity contribution < 1.29 is 4.74 Å². The molecule has 2 rings (SSSR count). The molecule has 0 bridgehead atoms. The van der Waals surface area contributed by atoms with Gasteiger partial charge >= 0.3 is 0 Å². The molecular formula is C11H9Cl2N3O2. The van der Waals surface area contributed by atoms with Crippen molar-refractivity contribution in [2.75, 3.05) is 7.11 Å². The minimum absolute atomic E-state index is 0.0467. The van der Waals surface area contributed by atoms with E-state index in [-0.39, 0.29) is 16.6 Å². The highest BCUT2D eigenvalue weighted by molar-refractivity contribution is 6.41. The molecule has 0 saturated carbocycles. The third-order valence-corrected chi connectivity index (χ3v) is 3.05. The lowest BCUT2D eigenvalue weighted by Gasteiger charge is -2.08. The number of rotatable bonds is 3. The smallest absolute Gasteiger partial charge is 0.287 e. The molecule has 0 saturated heterocycles. The summed E-state index contributed by atoms with van der Waals surface area (Å²) in [6, 6.07) is 3.54. The Balaban J connectivity index is 2.41. The van der Waals surface area contributed by atoms with Crippen LogP contribution in [-0.2, 0) is 6.54 Å². The molecule has 0 atom stereocenters. The quantitative estimate of drug-likeness (QED) is 0.866. The Bertz CT molecular complexity index is 628. The number of ether oxygens (including phenoxy) is 1. The summed E-state index contributed by atoms with van der Waals surface area (Å²) in [6.07, 6.45) is 2.93. The first kappa shape index (κ1) is 12.9. The van der Waals surface area contributed by atoms with Crippen molar-refractivity contribution in [2.45, 2.75) is 6.54 Å². The van der Waals surface area contributed by atoms with Crippen LogP contribution in [0.15, 0.2) is 29.3 Å². The van der Waals surface area contributed by atoms with Crippen LogP contribution in [0.25, 0.3) is 0 Å². The summed E-state index contributed by atoms with van der Waals surface area (Å²) in [6.45, 7) is 0.215. The zero-order chi connectivity index (χ0) is 13.1. The average molecular weight is 286 g/mol. The largest absolute Gasteiger partial charge is 0.481 e. The van der Waals surface area contributed by atoms with Gasteiger partial charge in [0.15, 0.2) is 0 Å². The van der Waals surface area contributed by atoms with E-state index in [1.165, 1.54) is 18.0 Å². The Labute approximate surface area is 113 Å². The lowest BCUT2D eigenvalue weighted by Crippen LogP contribution is -2.24. The monoisotopic (exact) mass is 285 g/mol. The van der Waals surface area contributed by atoms with Gasteiger partial charge in [-0.05, 0) is 6.07 Å². The van der Waals surface area contributed by atoms with Gasteiger partial charge in [0.2, 0.25) is 5.88 Å². The predicted octanol–water partition coefficient (Wildman–Crippen LogP) is 2.00. The second-order valence-corrected chi connectivity index (χ2v) is 4.23. The molecule has 5 nitrogen and oxygen atoms in total. The molecule has 18 heavy (non-hydrogen) atoms. The first-order valence-electron chi connectivity index (χ1n) is 5.02. The lowest BCUT2D eigenvalue weighted by atomic mass is 10.2. The molecule has 0 aliphatic rings. The van der Waals surface area contributed by atoms with E-state index in [0.29, 0.717) is 5.88 Å². The third kappa shape index (κ3) is 2.47. The van der Waals surface area contributed by atoms with Gasteiger partial charge in [0.1, 0.15) is 5.02 Å². The van der Waals surface area contributed by atoms with Gasteiger partial charge in [0.05, 0.1) is 24.9 Å². The van der Waals surface area contributed by atoms with Gasteiger partial charge in [-0.15, -0.1) is 0 Å². The second-order valence-electron chi connectivity index (χ2n) is 3.44. The Hall–Kier alpha value is -1.59. The van der Waals surface area contributed by atoms with Crippen LogP contribution in [0, 0.1) is 0 Å². The Morgan fingerprint density at radius 2 is 2.22 bits per heavy atom. The summed E-state index contributed by atoms with van der Waals surface area (Å²) in [4.78, 5) is 15.9. The van der Waals surface area contributed by atoms with Crippen molar-refractivity contribution in [3.63, 3.8) is 0 Å². The van der Waals surface area contributed by atoms with Gasteiger partial charge in [-0.25, -0.2) is 9.67 Å². The zero-order valence-electron chi connectivity index (χ0n) is 9.43. The molecule has 0 fully saturated rings. The van der Waals surface area contributed by atoms with Crippen LogP contribution in [0.4, 0.5) is 0 Å². The Kier molecular flexibility index (Phi) is 3.84. The molecule has 0 aromatic carbocycles. The summed E-state index contributed by atoms with van der Waals surface area (Å²) < 4.78 is 6.30. The fourth-order valence-electron chi connectivity index (χ4n) is 1.45. The number of halogens is 2. The van der Waals surface area contributed by atoms with Gasteiger partial charge in [0.25, 0.3) is 5.56 Å². The van der Waals surface area contributed by atoms with Gasteiger partial charge in [0, 0.05) is 11.8 Å². The first-order valence-corrected chi connectivity index (χ1v) is 5.78. The number of methoxy groups -OCH3 is 1. The molecule has 0 radical (unpaired) electrons. The number of aromatic nitrogens is 3. The molecule has 0 amide bonds. The topological polar surface area (TPSA) is 57.0 Å². The minimum atomic E-state index is -0.449. The highest BCUT2D eigenvalue weighted by atomic mass is 35.5. The van der Waals surface area contributed by atoms with Gasteiger partial charge in [-0.3, -0.25) is 4.79 Å². The maximum Gasteiger partial charge on any atom is 0.287 e. The number of hydrogen-bond donors (Lipinski definition) is 0. The van der Waals surface area contributed by atoms with E-state index in [2.05, 4.69) is 10.1 Å². The lowest BCUT2D eigenvalue weighted by molar-refractivity contribution is 0.389. The third-order valence-electron chi connectivity index (χ3n) is 2.31. The van der Waals surface area contributed by atoms with E-state index in [9.17, 15) is 4.79 Å². The standard InChI is InChI=1S/C11H9Cl2N3O2/c1-18-10-7(3-2-4-14-10)6-16-11(17)9(13)8(12)5-15-16/h2-5H,6H2,1H3. The van der Waals surface area contributed by atoms with Crippen molar-refractivity contribution in [2.24, 2.45) is 0 Å². The molecular weight excluding hydrogens is 277 g/mol. The SMILES string of the molecule is COc1ncccc1Cn1ncc(Cl)c(Cl)c1=O. The second kappa shape index (κ2) is 5.37. The molecule has 2 aromatic heterocycles. The van der Waals surface area contributed by atoms with Gasteiger partial charge in [-0.2, -0.15) is 5.10 Å². The molecule has 0 spiro atoms. The van der Waals surface area contributed by atoms with E-state index in [1.807, 2.05) is 0 Å². The van der Waals surface area contributed by atoms with E-state index in [1.54, 1.807) is 18.3 Å². The highest BCUT2D eigenvalue weighted by Crippen LogP contribution is 2.17. The van der Waals surface area contributed by atoms with Crippen LogP contribution in [0.1, 0.15) is 5.56 Å². The van der Waals surface area contributed by atoms with E-state index in [4.69, 9.17) is 27.9 Å². The molecule has 0 aliphatic heterocycles. The van der Waals surface area contributed by atoms with Crippen LogP contribution < -0.4 is 10.3 Å². The Morgan fingerprint density at radius 3 is 2.94 bits per heavy atom. The van der Waals surface area contributed by atoms with Crippen molar-refractivity contribution in [3.8, 4) is 5.88 Å². The van der Waals surface area contributed by atoms with Crippen LogP contribution in [-0.4, -0.2) is 21.9 Å². The fraction of sp³-hybridized carbons (Fsp3) is 0.182. The number of pyridine rings is 1. The maximum atomic E-state index is 11.8. The molecule has 94 valence electrons.